The molecule has 0 aliphatic carbocycles. The summed E-state index contributed by atoms with van der Waals surface area (Å²) in [5.41, 5.74) is 0.512. The zero-order valence-electron chi connectivity index (χ0n) is 13.5. The van der Waals surface area contributed by atoms with Crippen molar-refractivity contribution in [2.24, 2.45) is 0 Å². The molecular formula is C17H22N2O3S. The third kappa shape index (κ3) is 5.63. The summed E-state index contributed by atoms with van der Waals surface area (Å²) in [4.78, 5) is 27.2. The molecule has 0 fully saturated rings. The third-order valence-corrected chi connectivity index (χ3v) is 4.67. The number of carboxylic acid groups (broad SMARTS) is 1. The molecule has 6 heteroatoms. The van der Waals surface area contributed by atoms with Gasteiger partial charge < -0.3 is 10.4 Å². The van der Waals surface area contributed by atoms with Gasteiger partial charge in [0.1, 0.15) is 0 Å². The number of nitrogens with one attached hydrogen (secondary N) is 1. The molecule has 2 rings (SSSR count). The summed E-state index contributed by atoms with van der Waals surface area (Å²) < 4.78 is 1.17. The van der Waals surface area contributed by atoms with Gasteiger partial charge in [-0.2, -0.15) is 0 Å². The number of amides is 1. The Morgan fingerprint density at radius 2 is 2.00 bits per heavy atom. The second kappa shape index (κ2) is 7.55. The molecular weight excluding hydrogens is 312 g/mol. The van der Waals surface area contributed by atoms with Gasteiger partial charge in [0.25, 0.3) is 0 Å². The van der Waals surface area contributed by atoms with E-state index in [4.69, 9.17) is 5.11 Å². The molecule has 0 saturated carbocycles. The molecule has 0 radical (unpaired) electrons. The molecule has 124 valence electrons. The van der Waals surface area contributed by atoms with Crippen LogP contribution in [0.2, 0.25) is 0 Å². The summed E-state index contributed by atoms with van der Waals surface area (Å²) in [5.74, 6) is -0.885. The van der Waals surface area contributed by atoms with E-state index in [1.54, 1.807) is 11.3 Å². The largest absolute Gasteiger partial charge is 0.481 e. The monoisotopic (exact) mass is 334 g/mol. The molecule has 2 aromatic rings. The van der Waals surface area contributed by atoms with E-state index in [2.05, 4.69) is 10.3 Å². The van der Waals surface area contributed by atoms with Gasteiger partial charge in [-0.3, -0.25) is 9.59 Å². The maximum atomic E-state index is 12.0. The predicted octanol–water partition coefficient (Wildman–Crippen LogP) is 3.38. The van der Waals surface area contributed by atoms with E-state index < -0.39 is 11.5 Å². The third-order valence-electron chi connectivity index (χ3n) is 3.57. The van der Waals surface area contributed by atoms with Crippen LogP contribution in [0.15, 0.2) is 24.3 Å². The molecule has 1 heterocycles. The molecule has 0 bridgehead atoms. The average molecular weight is 334 g/mol. The highest BCUT2D eigenvalue weighted by Crippen LogP contribution is 2.22. The van der Waals surface area contributed by atoms with Crippen LogP contribution in [0, 0.1) is 0 Å². The second-order valence-electron chi connectivity index (χ2n) is 6.25. The van der Waals surface area contributed by atoms with E-state index in [9.17, 15) is 9.59 Å². The minimum absolute atomic E-state index is 0.0403. The second-order valence-corrected chi connectivity index (χ2v) is 7.37. The molecule has 1 amide bonds. The number of para-hydroxylation sites is 1. The summed E-state index contributed by atoms with van der Waals surface area (Å²) in [7, 11) is 0. The smallest absolute Gasteiger partial charge is 0.303 e. The quantitative estimate of drug-likeness (QED) is 0.775. The number of fused-ring (bicyclic) bond motifs is 1. The maximum Gasteiger partial charge on any atom is 0.303 e. The number of thiazole rings is 1. The minimum Gasteiger partial charge on any atom is -0.481 e. The SMILES string of the molecule is CC(C)(CCC(=O)O)NC(=O)CCCc1nc2ccccc2s1. The zero-order chi connectivity index (χ0) is 16.9. The van der Waals surface area contributed by atoms with Crippen molar-refractivity contribution in [2.45, 2.75) is 51.5 Å². The van der Waals surface area contributed by atoms with Crippen LogP contribution in [-0.2, 0) is 16.0 Å². The van der Waals surface area contributed by atoms with Crippen molar-refractivity contribution in [3.8, 4) is 0 Å². The molecule has 5 nitrogen and oxygen atoms in total. The first-order chi connectivity index (χ1) is 10.9. The van der Waals surface area contributed by atoms with E-state index in [0.717, 1.165) is 23.4 Å². The van der Waals surface area contributed by atoms with E-state index in [1.807, 2.05) is 38.1 Å². The van der Waals surface area contributed by atoms with E-state index in [0.29, 0.717) is 12.8 Å². The lowest BCUT2D eigenvalue weighted by molar-refractivity contribution is -0.137. The standard InChI is InChI=1S/C17H22N2O3S/c1-17(2,11-10-16(21)22)19-14(20)8-5-9-15-18-12-6-3-4-7-13(12)23-15/h3-4,6-7H,5,8-11H2,1-2H3,(H,19,20)(H,21,22). The van der Waals surface area contributed by atoms with Crippen molar-refractivity contribution in [1.82, 2.24) is 10.3 Å². The first-order valence-corrected chi connectivity index (χ1v) is 8.55. The van der Waals surface area contributed by atoms with Crippen LogP contribution >= 0.6 is 11.3 Å². The Kier molecular flexibility index (Phi) is 5.71. The lowest BCUT2D eigenvalue weighted by Crippen LogP contribution is -2.43. The van der Waals surface area contributed by atoms with Crippen molar-refractivity contribution in [2.75, 3.05) is 0 Å². The number of carbonyl (C=O) groups is 2. The van der Waals surface area contributed by atoms with Crippen molar-refractivity contribution >= 4 is 33.4 Å². The lowest BCUT2D eigenvalue weighted by Gasteiger charge is -2.25. The van der Waals surface area contributed by atoms with Gasteiger partial charge in [0, 0.05) is 18.4 Å². The van der Waals surface area contributed by atoms with Gasteiger partial charge in [-0.25, -0.2) is 4.98 Å². The average Bonchev–Trinajstić information content (AvgIpc) is 2.87. The Labute approximate surface area is 139 Å². The summed E-state index contributed by atoms with van der Waals surface area (Å²) in [6.07, 6.45) is 2.42. The highest BCUT2D eigenvalue weighted by molar-refractivity contribution is 7.18. The Morgan fingerprint density at radius 1 is 1.26 bits per heavy atom. The number of aryl methyl sites for hydroxylation is 1. The normalized spacial score (nSPS) is 11.6. The number of aliphatic carboxylic acids is 1. The van der Waals surface area contributed by atoms with Crippen LogP contribution < -0.4 is 5.32 Å². The van der Waals surface area contributed by atoms with Crippen LogP contribution in [0.4, 0.5) is 0 Å². The lowest BCUT2D eigenvalue weighted by atomic mass is 9.98. The summed E-state index contributed by atoms with van der Waals surface area (Å²) >= 11 is 1.67. The Balaban J connectivity index is 1.77. The Bertz CT molecular complexity index is 661. The highest BCUT2D eigenvalue weighted by Gasteiger charge is 2.21. The van der Waals surface area contributed by atoms with Crippen LogP contribution in [0.5, 0.6) is 0 Å². The van der Waals surface area contributed by atoms with Crippen molar-refractivity contribution < 1.29 is 14.7 Å². The van der Waals surface area contributed by atoms with Crippen LogP contribution in [0.25, 0.3) is 10.2 Å². The van der Waals surface area contributed by atoms with Gasteiger partial charge in [-0.1, -0.05) is 12.1 Å². The Hall–Kier alpha value is -1.95. The molecule has 2 N–H and O–H groups in total. The van der Waals surface area contributed by atoms with Gasteiger partial charge >= 0.3 is 5.97 Å². The van der Waals surface area contributed by atoms with Crippen molar-refractivity contribution in [3.63, 3.8) is 0 Å². The van der Waals surface area contributed by atoms with Gasteiger partial charge in [0.05, 0.1) is 15.2 Å². The van der Waals surface area contributed by atoms with Crippen LogP contribution in [0.3, 0.4) is 0 Å². The minimum atomic E-state index is -0.844. The molecule has 23 heavy (non-hydrogen) atoms. The molecule has 1 aromatic carbocycles. The fourth-order valence-electron chi connectivity index (χ4n) is 2.35. The molecule has 1 aromatic heterocycles. The van der Waals surface area contributed by atoms with Crippen molar-refractivity contribution in [1.29, 1.82) is 0 Å². The first kappa shape index (κ1) is 17.4. The van der Waals surface area contributed by atoms with E-state index >= 15 is 0 Å². The molecule has 0 spiro atoms. The van der Waals surface area contributed by atoms with Crippen LogP contribution in [0.1, 0.15) is 44.5 Å². The summed E-state index contributed by atoms with van der Waals surface area (Å²) in [5, 5.41) is 12.7. The summed E-state index contributed by atoms with van der Waals surface area (Å²) in [6.45, 7) is 3.70. The van der Waals surface area contributed by atoms with Crippen LogP contribution in [-0.4, -0.2) is 27.5 Å². The van der Waals surface area contributed by atoms with Gasteiger partial charge in [0.15, 0.2) is 0 Å². The number of rotatable bonds is 8. The van der Waals surface area contributed by atoms with E-state index in [1.165, 1.54) is 4.70 Å². The molecule has 0 atom stereocenters. The molecule has 0 aliphatic heterocycles. The van der Waals surface area contributed by atoms with Crippen molar-refractivity contribution in [3.05, 3.63) is 29.3 Å². The topological polar surface area (TPSA) is 79.3 Å². The number of hydrogen-bond donors (Lipinski definition) is 2. The van der Waals surface area contributed by atoms with Gasteiger partial charge in [-0.15, -0.1) is 11.3 Å². The highest BCUT2D eigenvalue weighted by atomic mass is 32.1. The number of carbonyl (C=O) groups excluding carboxylic acids is 1. The molecule has 0 unspecified atom stereocenters. The number of benzene rings is 1. The van der Waals surface area contributed by atoms with E-state index in [-0.39, 0.29) is 12.3 Å². The number of nitrogens with zero attached hydrogens (tertiary/aromatic N) is 1. The number of carboxylic acids is 1. The maximum absolute atomic E-state index is 12.0. The van der Waals surface area contributed by atoms with Gasteiger partial charge in [-0.05, 0) is 45.2 Å². The Morgan fingerprint density at radius 3 is 2.70 bits per heavy atom. The number of hydrogen-bond acceptors (Lipinski definition) is 4. The molecule has 0 aliphatic rings. The fraction of sp³-hybridized carbons (Fsp3) is 0.471. The molecule has 0 saturated heterocycles. The number of aromatic nitrogens is 1. The first-order valence-electron chi connectivity index (χ1n) is 7.73. The van der Waals surface area contributed by atoms with Gasteiger partial charge in [0.2, 0.25) is 5.91 Å². The predicted molar refractivity (Wildman–Crippen MR) is 91.6 cm³/mol. The zero-order valence-corrected chi connectivity index (χ0v) is 14.3. The fourth-order valence-corrected chi connectivity index (χ4v) is 3.36. The summed E-state index contributed by atoms with van der Waals surface area (Å²) in [6, 6.07) is 8.01.